The lowest BCUT2D eigenvalue weighted by Crippen LogP contribution is -2.37. The van der Waals surface area contributed by atoms with Gasteiger partial charge in [0.25, 0.3) is 0 Å². The first-order chi connectivity index (χ1) is 4.84. The minimum atomic E-state index is -4.49. The van der Waals surface area contributed by atoms with Gasteiger partial charge in [-0.3, -0.25) is 4.79 Å². The number of hydrogen-bond donors (Lipinski definition) is 2. The summed E-state index contributed by atoms with van der Waals surface area (Å²) in [7, 11) is 0. The van der Waals surface area contributed by atoms with E-state index in [-0.39, 0.29) is 0 Å². The van der Waals surface area contributed by atoms with Gasteiger partial charge < -0.3 is 10.8 Å². The van der Waals surface area contributed by atoms with Gasteiger partial charge in [0.15, 0.2) is 0 Å². The predicted molar refractivity (Wildman–Crippen MR) is 30.9 cm³/mol. The maximum atomic E-state index is 11.6. The molecule has 6 heteroatoms. The highest BCUT2D eigenvalue weighted by atomic mass is 19.4. The van der Waals surface area contributed by atoms with E-state index in [0.29, 0.717) is 0 Å². The van der Waals surface area contributed by atoms with Gasteiger partial charge in [-0.1, -0.05) is 0 Å². The summed E-state index contributed by atoms with van der Waals surface area (Å²) in [6, 6.07) is -2.03. The van der Waals surface area contributed by atoms with Crippen molar-refractivity contribution in [2.75, 3.05) is 0 Å². The molecule has 0 spiro atoms. The van der Waals surface area contributed by atoms with Crippen LogP contribution >= 0.6 is 0 Å². The monoisotopic (exact) mass is 171 g/mol. The first kappa shape index (κ1) is 10.2. The van der Waals surface area contributed by atoms with Crippen LogP contribution in [0.2, 0.25) is 0 Å². The summed E-state index contributed by atoms with van der Waals surface area (Å²) in [6.07, 6.45) is -5.62. The minimum absolute atomic E-state index is 0.555. The molecule has 0 amide bonds. The Morgan fingerprint density at radius 1 is 1.55 bits per heavy atom. The van der Waals surface area contributed by atoms with E-state index in [9.17, 15) is 18.0 Å². The van der Waals surface area contributed by atoms with Crippen LogP contribution in [0.4, 0.5) is 13.2 Å². The number of rotatable bonds is 3. The molecule has 11 heavy (non-hydrogen) atoms. The fraction of sp³-hybridized carbons (Fsp3) is 0.800. The number of carboxylic acids is 1. The summed E-state index contributed by atoms with van der Waals surface area (Å²) in [5.74, 6) is -1.27. The van der Waals surface area contributed by atoms with Crippen LogP contribution in [-0.2, 0) is 4.79 Å². The molecule has 0 aromatic rings. The van der Waals surface area contributed by atoms with E-state index in [1.54, 1.807) is 0 Å². The highest BCUT2D eigenvalue weighted by Gasteiger charge is 2.36. The first-order valence-corrected chi connectivity index (χ1v) is 2.88. The highest BCUT2D eigenvalue weighted by molar-refractivity contribution is 5.66. The van der Waals surface area contributed by atoms with E-state index in [0.717, 1.165) is 0 Å². The Hall–Kier alpha value is -0.780. The molecule has 1 atom stereocenters. The Bertz CT molecular complexity index is 145. The maximum absolute atomic E-state index is 11.6. The van der Waals surface area contributed by atoms with Crippen molar-refractivity contribution in [2.45, 2.75) is 25.1 Å². The van der Waals surface area contributed by atoms with Crippen molar-refractivity contribution < 1.29 is 23.1 Å². The van der Waals surface area contributed by atoms with Crippen molar-refractivity contribution in [3.05, 3.63) is 0 Å². The Morgan fingerprint density at radius 2 is 2.00 bits per heavy atom. The molecule has 0 rings (SSSR count). The lowest BCUT2D eigenvalue weighted by Gasteiger charge is -2.13. The summed E-state index contributed by atoms with van der Waals surface area (Å²) in [6.45, 7) is 0. The summed E-state index contributed by atoms with van der Waals surface area (Å²) < 4.78 is 34.7. The molecule has 3 N–H and O–H groups in total. The Balaban J connectivity index is 3.70. The van der Waals surface area contributed by atoms with E-state index < -0.39 is 31.0 Å². The number of hydrogen-bond acceptors (Lipinski definition) is 2. The third-order valence-corrected chi connectivity index (χ3v) is 1.09. The standard InChI is InChI=1S/C5H8F3NO2/c6-5(7,8)3(9)1-2-4(10)11/h3H,1-2,9H2,(H,10,11)/t3-/m1/s1. The average Bonchev–Trinajstić information content (AvgIpc) is 1.80. The van der Waals surface area contributed by atoms with Gasteiger partial charge in [-0.15, -0.1) is 0 Å². The van der Waals surface area contributed by atoms with Gasteiger partial charge in [0, 0.05) is 6.42 Å². The van der Waals surface area contributed by atoms with Crippen LogP contribution in [0, 0.1) is 0 Å². The molecule has 0 radical (unpaired) electrons. The van der Waals surface area contributed by atoms with Gasteiger partial charge in [-0.25, -0.2) is 0 Å². The van der Waals surface area contributed by atoms with Gasteiger partial charge >= 0.3 is 12.1 Å². The zero-order valence-electron chi connectivity index (χ0n) is 5.56. The Morgan fingerprint density at radius 3 is 2.27 bits per heavy atom. The Kier molecular flexibility index (Phi) is 3.31. The number of halogens is 3. The van der Waals surface area contributed by atoms with Crippen molar-refractivity contribution in [1.82, 2.24) is 0 Å². The SMILES string of the molecule is N[C@H](CCC(=O)O)C(F)(F)F. The quantitative estimate of drug-likeness (QED) is 0.658. The lowest BCUT2D eigenvalue weighted by atomic mass is 10.1. The topological polar surface area (TPSA) is 63.3 Å². The zero-order valence-corrected chi connectivity index (χ0v) is 5.56. The molecule has 0 saturated heterocycles. The van der Waals surface area contributed by atoms with Crippen molar-refractivity contribution in [3.8, 4) is 0 Å². The minimum Gasteiger partial charge on any atom is -0.481 e. The number of aliphatic carboxylic acids is 1. The molecule has 0 heterocycles. The summed E-state index contributed by atoms with van der Waals surface area (Å²) >= 11 is 0. The fourth-order valence-electron chi connectivity index (χ4n) is 0.443. The lowest BCUT2D eigenvalue weighted by molar-refractivity contribution is -0.152. The number of alkyl halides is 3. The summed E-state index contributed by atoms with van der Waals surface area (Å²) in [5.41, 5.74) is 4.61. The number of carboxylic acid groups (broad SMARTS) is 1. The maximum Gasteiger partial charge on any atom is 0.403 e. The molecule has 0 aromatic carbocycles. The van der Waals surface area contributed by atoms with Crippen molar-refractivity contribution >= 4 is 5.97 Å². The molecular weight excluding hydrogens is 163 g/mol. The second-order valence-electron chi connectivity index (χ2n) is 2.08. The van der Waals surface area contributed by atoms with Crippen molar-refractivity contribution in [2.24, 2.45) is 5.73 Å². The van der Waals surface area contributed by atoms with Crippen LogP contribution < -0.4 is 5.73 Å². The van der Waals surface area contributed by atoms with Crippen LogP contribution in [0.25, 0.3) is 0 Å². The van der Waals surface area contributed by atoms with Gasteiger partial charge in [-0.2, -0.15) is 13.2 Å². The third kappa shape index (κ3) is 4.60. The van der Waals surface area contributed by atoms with E-state index in [1.807, 2.05) is 0 Å². The van der Waals surface area contributed by atoms with E-state index in [1.165, 1.54) is 0 Å². The van der Waals surface area contributed by atoms with Crippen molar-refractivity contribution in [3.63, 3.8) is 0 Å². The summed E-state index contributed by atoms with van der Waals surface area (Å²) in [4.78, 5) is 9.81. The van der Waals surface area contributed by atoms with Crippen LogP contribution in [0.15, 0.2) is 0 Å². The number of nitrogens with two attached hydrogens (primary N) is 1. The third-order valence-electron chi connectivity index (χ3n) is 1.09. The largest absolute Gasteiger partial charge is 0.481 e. The molecule has 0 aliphatic carbocycles. The molecular formula is C5H8F3NO2. The van der Waals surface area contributed by atoms with Crippen LogP contribution in [0.5, 0.6) is 0 Å². The first-order valence-electron chi connectivity index (χ1n) is 2.88. The molecule has 0 bridgehead atoms. The molecule has 3 nitrogen and oxygen atoms in total. The van der Waals surface area contributed by atoms with E-state index in [2.05, 4.69) is 5.73 Å². The molecule has 0 aromatic heterocycles. The number of carbonyl (C=O) groups is 1. The normalized spacial score (nSPS) is 14.5. The van der Waals surface area contributed by atoms with E-state index in [4.69, 9.17) is 5.11 Å². The van der Waals surface area contributed by atoms with Crippen LogP contribution in [0.3, 0.4) is 0 Å². The second kappa shape index (κ2) is 3.56. The average molecular weight is 171 g/mol. The summed E-state index contributed by atoms with van der Waals surface area (Å²) in [5, 5.41) is 8.01. The van der Waals surface area contributed by atoms with Gasteiger partial charge in [0.05, 0.1) is 0 Å². The molecule has 0 saturated carbocycles. The van der Waals surface area contributed by atoms with Gasteiger partial charge in [0.1, 0.15) is 6.04 Å². The zero-order chi connectivity index (χ0) is 9.07. The van der Waals surface area contributed by atoms with Gasteiger partial charge in [-0.05, 0) is 6.42 Å². The molecule has 0 unspecified atom stereocenters. The van der Waals surface area contributed by atoms with E-state index >= 15 is 0 Å². The van der Waals surface area contributed by atoms with Crippen LogP contribution in [0.1, 0.15) is 12.8 Å². The van der Waals surface area contributed by atoms with Gasteiger partial charge in [0.2, 0.25) is 0 Å². The molecule has 66 valence electrons. The molecule has 0 aliphatic heterocycles. The molecule has 0 aliphatic rings. The van der Waals surface area contributed by atoms with Crippen LogP contribution in [-0.4, -0.2) is 23.3 Å². The fourth-order valence-corrected chi connectivity index (χ4v) is 0.443. The van der Waals surface area contributed by atoms with Crippen molar-refractivity contribution in [1.29, 1.82) is 0 Å². The Labute approximate surface area is 61.0 Å². The smallest absolute Gasteiger partial charge is 0.403 e. The highest BCUT2D eigenvalue weighted by Crippen LogP contribution is 2.21. The second-order valence-corrected chi connectivity index (χ2v) is 2.08. The predicted octanol–water partition coefficient (Wildman–Crippen LogP) is 0.741. The molecule has 0 fully saturated rings.